The molecule has 1 aromatic rings. The molecule has 194 valence electrons. The number of hydrogen-bond acceptors (Lipinski definition) is 7. The SMILES string of the molecule is CCCC(C)N1C(=O)c2cccc(OCC(=O)NCCCCCCCCN)c2C1=O.O=CNC=O. The van der Waals surface area contributed by atoms with Crippen molar-refractivity contribution in [2.45, 2.75) is 71.3 Å². The number of hydrogen-bond donors (Lipinski definition) is 3. The van der Waals surface area contributed by atoms with E-state index in [9.17, 15) is 14.4 Å². The molecule has 0 bridgehead atoms. The zero-order valence-electron chi connectivity index (χ0n) is 20.7. The Morgan fingerprint density at radius 1 is 1.06 bits per heavy atom. The van der Waals surface area contributed by atoms with E-state index in [1.165, 1.54) is 11.3 Å². The fourth-order valence-corrected chi connectivity index (χ4v) is 3.77. The van der Waals surface area contributed by atoms with Crippen molar-refractivity contribution in [3.8, 4) is 5.75 Å². The van der Waals surface area contributed by atoms with E-state index in [1.54, 1.807) is 23.5 Å². The van der Waals surface area contributed by atoms with Crippen LogP contribution in [-0.4, -0.2) is 61.2 Å². The molecule has 0 aromatic heterocycles. The Hall–Kier alpha value is -3.27. The number of fused-ring (bicyclic) bond motifs is 1. The highest BCUT2D eigenvalue weighted by atomic mass is 16.5. The number of carbonyl (C=O) groups excluding carboxylic acids is 5. The van der Waals surface area contributed by atoms with Crippen molar-refractivity contribution >= 4 is 30.5 Å². The van der Waals surface area contributed by atoms with E-state index in [-0.39, 0.29) is 41.7 Å². The molecule has 1 aliphatic rings. The van der Waals surface area contributed by atoms with Crippen molar-refractivity contribution in [2.75, 3.05) is 19.7 Å². The molecular weight excluding hydrogens is 452 g/mol. The lowest BCUT2D eigenvalue weighted by molar-refractivity contribution is -0.123. The summed E-state index contributed by atoms with van der Waals surface area (Å²) in [5.74, 6) is -0.588. The molecule has 0 spiro atoms. The van der Waals surface area contributed by atoms with Crippen molar-refractivity contribution in [2.24, 2.45) is 5.73 Å². The lowest BCUT2D eigenvalue weighted by Gasteiger charge is -2.21. The van der Waals surface area contributed by atoms with E-state index >= 15 is 0 Å². The Morgan fingerprint density at radius 3 is 2.31 bits per heavy atom. The molecular formula is C25H38N4O6. The van der Waals surface area contributed by atoms with E-state index < -0.39 is 0 Å². The summed E-state index contributed by atoms with van der Waals surface area (Å²) in [7, 11) is 0. The van der Waals surface area contributed by atoms with E-state index in [4.69, 9.17) is 20.1 Å². The first-order valence-electron chi connectivity index (χ1n) is 12.2. The van der Waals surface area contributed by atoms with Crippen LogP contribution in [0.5, 0.6) is 5.75 Å². The number of rotatable bonds is 16. The van der Waals surface area contributed by atoms with E-state index in [2.05, 4.69) is 5.32 Å². The molecule has 10 heteroatoms. The van der Waals surface area contributed by atoms with Gasteiger partial charge in [0.25, 0.3) is 17.7 Å². The van der Waals surface area contributed by atoms with Gasteiger partial charge in [-0.2, -0.15) is 0 Å². The van der Waals surface area contributed by atoms with Crippen LogP contribution >= 0.6 is 0 Å². The van der Waals surface area contributed by atoms with Gasteiger partial charge in [0.2, 0.25) is 12.8 Å². The third-order valence-electron chi connectivity index (χ3n) is 5.50. The quantitative estimate of drug-likeness (QED) is 0.183. The highest BCUT2D eigenvalue weighted by Crippen LogP contribution is 2.32. The second kappa shape index (κ2) is 17.2. The zero-order valence-corrected chi connectivity index (χ0v) is 20.7. The van der Waals surface area contributed by atoms with E-state index in [1.807, 2.05) is 13.8 Å². The van der Waals surface area contributed by atoms with Gasteiger partial charge in [-0.15, -0.1) is 0 Å². The third kappa shape index (κ3) is 9.86. The minimum absolute atomic E-state index is 0.172. The summed E-state index contributed by atoms with van der Waals surface area (Å²) in [4.78, 5) is 57.0. The van der Waals surface area contributed by atoms with Gasteiger partial charge in [-0.05, 0) is 44.9 Å². The fourth-order valence-electron chi connectivity index (χ4n) is 3.77. The van der Waals surface area contributed by atoms with Gasteiger partial charge in [0, 0.05) is 12.6 Å². The topological polar surface area (TPSA) is 148 Å². The fraction of sp³-hybridized carbons (Fsp3) is 0.560. The maximum atomic E-state index is 12.8. The zero-order chi connectivity index (χ0) is 26.1. The van der Waals surface area contributed by atoms with Crippen LogP contribution in [-0.2, 0) is 14.4 Å². The summed E-state index contributed by atoms with van der Waals surface area (Å²) in [6, 6.07) is 4.77. The van der Waals surface area contributed by atoms with Crippen LogP contribution in [0.2, 0.25) is 0 Å². The van der Waals surface area contributed by atoms with Crippen LogP contribution in [0.4, 0.5) is 0 Å². The summed E-state index contributed by atoms with van der Waals surface area (Å²) in [5, 5.41) is 4.59. The summed E-state index contributed by atoms with van der Waals surface area (Å²) >= 11 is 0. The Labute approximate surface area is 206 Å². The van der Waals surface area contributed by atoms with Gasteiger partial charge in [0.1, 0.15) is 5.75 Å². The normalized spacial score (nSPS) is 12.8. The van der Waals surface area contributed by atoms with Crippen molar-refractivity contribution < 1.29 is 28.7 Å². The average Bonchev–Trinajstić information content (AvgIpc) is 3.11. The van der Waals surface area contributed by atoms with Crippen molar-refractivity contribution in [3.63, 3.8) is 0 Å². The first-order valence-corrected chi connectivity index (χ1v) is 12.2. The first-order chi connectivity index (χ1) is 16.9. The van der Waals surface area contributed by atoms with Gasteiger partial charge < -0.3 is 21.1 Å². The number of nitrogens with two attached hydrogens (primary N) is 1. The van der Waals surface area contributed by atoms with Gasteiger partial charge in [-0.1, -0.05) is 45.1 Å². The molecule has 35 heavy (non-hydrogen) atoms. The molecule has 1 atom stereocenters. The largest absolute Gasteiger partial charge is 0.483 e. The molecule has 1 aromatic carbocycles. The summed E-state index contributed by atoms with van der Waals surface area (Å²) in [5.41, 5.74) is 6.08. The minimum atomic E-state index is -0.346. The number of ether oxygens (including phenoxy) is 1. The van der Waals surface area contributed by atoms with Gasteiger partial charge in [-0.3, -0.25) is 28.9 Å². The molecule has 1 aliphatic heterocycles. The second-order valence-corrected chi connectivity index (χ2v) is 8.25. The monoisotopic (exact) mass is 490 g/mol. The Morgan fingerprint density at radius 2 is 1.71 bits per heavy atom. The van der Waals surface area contributed by atoms with Gasteiger partial charge in [-0.25, -0.2) is 0 Å². The highest BCUT2D eigenvalue weighted by molar-refractivity contribution is 6.22. The molecule has 1 unspecified atom stereocenters. The lowest BCUT2D eigenvalue weighted by Crippen LogP contribution is -2.37. The number of benzene rings is 1. The first kappa shape index (κ1) is 29.8. The van der Waals surface area contributed by atoms with Crippen LogP contribution in [0.15, 0.2) is 18.2 Å². The summed E-state index contributed by atoms with van der Waals surface area (Å²) in [6.07, 6.45) is 8.80. The number of unbranched alkanes of at least 4 members (excludes halogenated alkanes) is 5. The molecule has 0 aliphatic carbocycles. The Balaban J connectivity index is 0.00000111. The van der Waals surface area contributed by atoms with Crippen LogP contribution in [0, 0.1) is 0 Å². The molecule has 10 nitrogen and oxygen atoms in total. The second-order valence-electron chi connectivity index (χ2n) is 8.25. The van der Waals surface area contributed by atoms with Crippen molar-refractivity contribution in [1.29, 1.82) is 0 Å². The standard InChI is InChI=1S/C23H35N3O4.C2H3NO2/c1-3-11-17(2)26-22(28)18-12-10-13-19(21(18)23(26)29)30-16-20(27)25-15-9-7-5-4-6-8-14-24;4-1-3-2-5/h10,12-13,17H,3-9,11,14-16,24H2,1-2H3,(H,25,27);1-2H,(H,3,4,5). The number of nitrogens with one attached hydrogen (secondary N) is 2. The highest BCUT2D eigenvalue weighted by Gasteiger charge is 2.40. The molecule has 2 rings (SSSR count). The van der Waals surface area contributed by atoms with Crippen LogP contribution in [0.1, 0.15) is 85.9 Å². The average molecular weight is 491 g/mol. The molecule has 0 saturated heterocycles. The number of carbonyl (C=O) groups is 5. The maximum Gasteiger partial charge on any atom is 0.265 e. The molecule has 5 amide bonds. The van der Waals surface area contributed by atoms with E-state index in [0.29, 0.717) is 24.9 Å². The minimum Gasteiger partial charge on any atom is -0.483 e. The Kier molecular flexibility index (Phi) is 14.6. The number of imide groups is 2. The predicted molar refractivity (Wildman–Crippen MR) is 132 cm³/mol. The number of amides is 5. The van der Waals surface area contributed by atoms with E-state index in [0.717, 1.165) is 51.5 Å². The maximum absolute atomic E-state index is 12.8. The van der Waals surface area contributed by atoms with Gasteiger partial charge in [0.05, 0.1) is 11.1 Å². The summed E-state index contributed by atoms with van der Waals surface area (Å²) in [6.45, 7) is 5.06. The lowest BCUT2D eigenvalue weighted by atomic mass is 10.1. The molecule has 4 N–H and O–H groups in total. The van der Waals surface area contributed by atoms with Crippen molar-refractivity contribution in [3.05, 3.63) is 29.3 Å². The van der Waals surface area contributed by atoms with Crippen LogP contribution < -0.4 is 21.1 Å². The molecule has 0 radical (unpaired) electrons. The van der Waals surface area contributed by atoms with Gasteiger partial charge in [0.15, 0.2) is 6.61 Å². The molecule has 0 fully saturated rings. The summed E-state index contributed by atoms with van der Waals surface area (Å²) < 4.78 is 5.62. The molecule has 1 heterocycles. The Bertz CT molecular complexity index is 839. The third-order valence-corrected chi connectivity index (χ3v) is 5.50. The van der Waals surface area contributed by atoms with Gasteiger partial charge >= 0.3 is 0 Å². The van der Waals surface area contributed by atoms with Crippen LogP contribution in [0.25, 0.3) is 0 Å². The number of nitrogens with zero attached hydrogens (tertiary/aromatic N) is 1. The molecule has 0 saturated carbocycles. The van der Waals surface area contributed by atoms with Crippen molar-refractivity contribution in [1.82, 2.24) is 15.5 Å². The van der Waals surface area contributed by atoms with Crippen LogP contribution in [0.3, 0.4) is 0 Å². The predicted octanol–water partition coefficient (Wildman–Crippen LogP) is 2.15. The smallest absolute Gasteiger partial charge is 0.265 e.